The summed E-state index contributed by atoms with van der Waals surface area (Å²) in [6.45, 7) is 9.59. The number of aromatic nitrogens is 2. The van der Waals surface area contributed by atoms with Crippen LogP contribution in [0.15, 0.2) is 6.20 Å². The largest absolute Gasteiger partial charge is 0.493 e. The van der Waals surface area contributed by atoms with Crippen LogP contribution in [0.1, 0.15) is 59.1 Å². The molecule has 0 spiro atoms. The van der Waals surface area contributed by atoms with Gasteiger partial charge in [-0.25, -0.2) is 0 Å². The fourth-order valence-electron chi connectivity index (χ4n) is 3.98. The number of ether oxygens (including phenoxy) is 1. The first-order valence-corrected chi connectivity index (χ1v) is 8.26. The molecule has 4 heteroatoms. The normalized spacial score (nSPS) is 29.9. The van der Waals surface area contributed by atoms with E-state index in [4.69, 9.17) is 4.74 Å². The van der Waals surface area contributed by atoms with Gasteiger partial charge in [0.1, 0.15) is 11.3 Å². The summed E-state index contributed by atoms with van der Waals surface area (Å²) in [6, 6.07) is 0. The summed E-state index contributed by atoms with van der Waals surface area (Å²) in [5.74, 6) is 1.96. The van der Waals surface area contributed by atoms with Crippen LogP contribution in [0.25, 0.3) is 0 Å². The molecule has 1 aliphatic rings. The van der Waals surface area contributed by atoms with Crippen LogP contribution < -0.4 is 4.74 Å². The van der Waals surface area contributed by atoms with Gasteiger partial charge in [-0.1, -0.05) is 34.1 Å². The van der Waals surface area contributed by atoms with Crippen LogP contribution in [0.4, 0.5) is 0 Å². The van der Waals surface area contributed by atoms with Crippen LogP contribution in [-0.4, -0.2) is 22.0 Å². The summed E-state index contributed by atoms with van der Waals surface area (Å²) >= 11 is 0. The molecule has 1 aliphatic carbocycles. The first-order valence-electron chi connectivity index (χ1n) is 8.26. The standard InChI is InChI=1S/C17H30N2O2/c1-6-9-19-16(15(21-5)11-18-19)17(20)10-13(4)7-8-14(17)12(2)3/h11-14,20H,6-10H2,1-5H3. The van der Waals surface area contributed by atoms with Crippen molar-refractivity contribution in [2.75, 3.05) is 7.11 Å². The van der Waals surface area contributed by atoms with Crippen molar-refractivity contribution < 1.29 is 9.84 Å². The Morgan fingerprint density at radius 2 is 2.19 bits per heavy atom. The molecule has 2 rings (SSSR count). The molecule has 1 fully saturated rings. The van der Waals surface area contributed by atoms with E-state index in [-0.39, 0.29) is 5.92 Å². The Hall–Kier alpha value is -1.03. The van der Waals surface area contributed by atoms with Gasteiger partial charge >= 0.3 is 0 Å². The Balaban J connectivity index is 2.50. The zero-order valence-electron chi connectivity index (χ0n) is 14.1. The molecular weight excluding hydrogens is 264 g/mol. The predicted octanol–water partition coefficient (Wildman–Crippen LogP) is 3.58. The third kappa shape index (κ3) is 2.96. The topological polar surface area (TPSA) is 47.3 Å². The minimum absolute atomic E-state index is 0.259. The van der Waals surface area contributed by atoms with E-state index in [2.05, 4.69) is 32.8 Å². The van der Waals surface area contributed by atoms with Gasteiger partial charge in [0.2, 0.25) is 0 Å². The van der Waals surface area contributed by atoms with E-state index in [1.54, 1.807) is 13.3 Å². The maximum absolute atomic E-state index is 11.6. The predicted molar refractivity (Wildman–Crippen MR) is 84.3 cm³/mol. The number of aryl methyl sites for hydroxylation is 1. The molecule has 1 aromatic heterocycles. The molecule has 1 heterocycles. The molecule has 1 aromatic rings. The molecule has 3 atom stereocenters. The third-order valence-electron chi connectivity index (χ3n) is 4.92. The number of aliphatic hydroxyl groups is 1. The molecule has 0 bridgehead atoms. The first-order chi connectivity index (χ1) is 9.93. The van der Waals surface area contributed by atoms with Gasteiger partial charge in [-0.15, -0.1) is 0 Å². The van der Waals surface area contributed by atoms with Crippen molar-refractivity contribution in [3.63, 3.8) is 0 Å². The summed E-state index contributed by atoms with van der Waals surface area (Å²) in [5, 5.41) is 16.1. The van der Waals surface area contributed by atoms with Crippen molar-refractivity contribution in [2.45, 2.75) is 65.5 Å². The molecule has 1 N–H and O–H groups in total. The number of rotatable bonds is 5. The smallest absolute Gasteiger partial charge is 0.162 e. The van der Waals surface area contributed by atoms with Gasteiger partial charge in [0.25, 0.3) is 0 Å². The molecule has 0 amide bonds. The van der Waals surface area contributed by atoms with Gasteiger partial charge in [-0.05, 0) is 37.0 Å². The second-order valence-corrected chi connectivity index (χ2v) is 6.95. The van der Waals surface area contributed by atoms with Gasteiger partial charge in [0.05, 0.1) is 13.3 Å². The van der Waals surface area contributed by atoms with Crippen molar-refractivity contribution in [2.24, 2.45) is 17.8 Å². The minimum atomic E-state index is -0.831. The molecule has 1 saturated carbocycles. The van der Waals surface area contributed by atoms with Crippen molar-refractivity contribution in [3.8, 4) is 5.75 Å². The number of hydrogen-bond acceptors (Lipinski definition) is 3. The highest BCUT2D eigenvalue weighted by Gasteiger charge is 2.47. The van der Waals surface area contributed by atoms with Gasteiger partial charge in [-0.2, -0.15) is 5.10 Å². The van der Waals surface area contributed by atoms with E-state index in [0.717, 1.165) is 37.3 Å². The number of methoxy groups -OCH3 is 1. The quantitative estimate of drug-likeness (QED) is 0.903. The minimum Gasteiger partial charge on any atom is -0.493 e. The Kier molecular flexibility index (Phi) is 4.97. The van der Waals surface area contributed by atoms with Gasteiger partial charge in [-0.3, -0.25) is 4.68 Å². The van der Waals surface area contributed by atoms with Crippen molar-refractivity contribution in [1.82, 2.24) is 9.78 Å². The lowest BCUT2D eigenvalue weighted by atomic mass is 9.65. The van der Waals surface area contributed by atoms with E-state index in [9.17, 15) is 5.11 Å². The fourth-order valence-corrected chi connectivity index (χ4v) is 3.98. The van der Waals surface area contributed by atoms with Crippen molar-refractivity contribution >= 4 is 0 Å². The first kappa shape index (κ1) is 16.3. The van der Waals surface area contributed by atoms with Crippen LogP contribution in [0.3, 0.4) is 0 Å². The van der Waals surface area contributed by atoms with Gasteiger partial charge in [0.15, 0.2) is 5.75 Å². The van der Waals surface area contributed by atoms with E-state index < -0.39 is 5.60 Å². The molecule has 120 valence electrons. The SMILES string of the molecule is CCCn1ncc(OC)c1C1(O)CC(C)CCC1C(C)C. The summed E-state index contributed by atoms with van der Waals surface area (Å²) in [6.07, 6.45) is 5.79. The maximum atomic E-state index is 11.6. The summed E-state index contributed by atoms with van der Waals surface area (Å²) in [4.78, 5) is 0. The second-order valence-electron chi connectivity index (χ2n) is 6.95. The van der Waals surface area contributed by atoms with E-state index in [1.807, 2.05) is 4.68 Å². The van der Waals surface area contributed by atoms with Crippen LogP contribution in [0.2, 0.25) is 0 Å². The van der Waals surface area contributed by atoms with Gasteiger partial charge in [0, 0.05) is 6.54 Å². The summed E-state index contributed by atoms with van der Waals surface area (Å²) < 4.78 is 7.46. The fraction of sp³-hybridized carbons (Fsp3) is 0.824. The Bertz CT molecular complexity index is 469. The highest BCUT2D eigenvalue weighted by atomic mass is 16.5. The Morgan fingerprint density at radius 1 is 1.48 bits per heavy atom. The molecule has 0 radical (unpaired) electrons. The maximum Gasteiger partial charge on any atom is 0.162 e. The average Bonchev–Trinajstić information content (AvgIpc) is 2.82. The van der Waals surface area contributed by atoms with Crippen LogP contribution in [-0.2, 0) is 12.1 Å². The molecular formula is C17H30N2O2. The van der Waals surface area contributed by atoms with Crippen molar-refractivity contribution in [1.29, 1.82) is 0 Å². The highest BCUT2D eigenvalue weighted by Crippen LogP contribution is 2.49. The average molecular weight is 294 g/mol. The van der Waals surface area contributed by atoms with Crippen LogP contribution in [0.5, 0.6) is 5.75 Å². The van der Waals surface area contributed by atoms with Gasteiger partial charge < -0.3 is 9.84 Å². The zero-order chi connectivity index (χ0) is 15.6. The molecule has 4 nitrogen and oxygen atoms in total. The van der Waals surface area contributed by atoms with E-state index in [0.29, 0.717) is 11.8 Å². The molecule has 21 heavy (non-hydrogen) atoms. The molecule has 3 unspecified atom stereocenters. The Morgan fingerprint density at radius 3 is 2.76 bits per heavy atom. The van der Waals surface area contributed by atoms with E-state index >= 15 is 0 Å². The van der Waals surface area contributed by atoms with E-state index in [1.165, 1.54) is 6.42 Å². The second kappa shape index (κ2) is 6.39. The monoisotopic (exact) mass is 294 g/mol. The molecule has 0 aliphatic heterocycles. The van der Waals surface area contributed by atoms with Crippen molar-refractivity contribution in [3.05, 3.63) is 11.9 Å². The lowest BCUT2D eigenvalue weighted by Gasteiger charge is -2.45. The third-order valence-corrected chi connectivity index (χ3v) is 4.92. The Labute approximate surface area is 128 Å². The lowest BCUT2D eigenvalue weighted by molar-refractivity contribution is -0.0938. The number of hydrogen-bond donors (Lipinski definition) is 1. The summed E-state index contributed by atoms with van der Waals surface area (Å²) in [5.41, 5.74) is 0.0557. The highest BCUT2D eigenvalue weighted by molar-refractivity contribution is 5.32. The summed E-state index contributed by atoms with van der Waals surface area (Å²) in [7, 11) is 1.66. The lowest BCUT2D eigenvalue weighted by Crippen LogP contribution is -2.44. The molecule has 0 saturated heterocycles. The van der Waals surface area contributed by atoms with Crippen LogP contribution in [0, 0.1) is 17.8 Å². The molecule has 0 aromatic carbocycles. The number of nitrogens with zero attached hydrogens (tertiary/aromatic N) is 2. The zero-order valence-corrected chi connectivity index (χ0v) is 14.1. The van der Waals surface area contributed by atoms with Crippen LogP contribution >= 0.6 is 0 Å².